The van der Waals surface area contributed by atoms with Crippen LogP contribution in [-0.2, 0) is 6.54 Å². The number of amides is 1. The molecule has 1 fully saturated rings. The lowest BCUT2D eigenvalue weighted by Crippen LogP contribution is -2.32. The van der Waals surface area contributed by atoms with E-state index in [1.807, 2.05) is 35.7 Å². The van der Waals surface area contributed by atoms with Gasteiger partial charge in [-0.1, -0.05) is 42.4 Å². The van der Waals surface area contributed by atoms with Crippen LogP contribution in [0.25, 0.3) is 11.3 Å². The summed E-state index contributed by atoms with van der Waals surface area (Å²) in [6, 6.07) is 9.57. The third-order valence-electron chi connectivity index (χ3n) is 5.17. The van der Waals surface area contributed by atoms with Crippen molar-refractivity contribution in [3.05, 3.63) is 52.7 Å². The van der Waals surface area contributed by atoms with Crippen LogP contribution < -0.4 is 5.32 Å². The molecule has 7 heteroatoms. The van der Waals surface area contributed by atoms with E-state index < -0.39 is 0 Å². The van der Waals surface area contributed by atoms with Crippen molar-refractivity contribution in [3.8, 4) is 11.3 Å². The van der Waals surface area contributed by atoms with Crippen molar-refractivity contribution in [2.45, 2.75) is 33.2 Å². The number of benzene rings is 1. The number of aromatic nitrogens is 2. The smallest absolute Gasteiger partial charge is 0.263 e. The van der Waals surface area contributed by atoms with Crippen molar-refractivity contribution >= 4 is 22.4 Å². The summed E-state index contributed by atoms with van der Waals surface area (Å²) in [5.74, 6) is 1.06. The fourth-order valence-electron chi connectivity index (χ4n) is 3.48. The van der Waals surface area contributed by atoms with E-state index in [1.165, 1.54) is 24.2 Å². The first-order valence-electron chi connectivity index (χ1n) is 9.60. The molecule has 3 heterocycles. The Bertz CT molecular complexity index is 942. The van der Waals surface area contributed by atoms with Crippen LogP contribution in [0, 0.1) is 12.8 Å². The highest BCUT2D eigenvalue weighted by Gasteiger charge is 2.23. The first-order valence-corrected chi connectivity index (χ1v) is 10.5. The number of hydrogen-bond acceptors (Lipinski definition) is 6. The Morgan fingerprint density at radius 3 is 2.79 bits per heavy atom. The Morgan fingerprint density at radius 2 is 2.04 bits per heavy atom. The second kappa shape index (κ2) is 8.24. The number of nitrogens with zero attached hydrogens (tertiary/aromatic N) is 3. The predicted molar refractivity (Wildman–Crippen MR) is 110 cm³/mol. The van der Waals surface area contributed by atoms with E-state index in [-0.39, 0.29) is 5.91 Å². The van der Waals surface area contributed by atoms with Crippen LogP contribution in [0.1, 0.15) is 41.6 Å². The normalized spacial score (nSPS) is 15.6. The van der Waals surface area contributed by atoms with Crippen LogP contribution in [0.4, 0.5) is 5.13 Å². The van der Waals surface area contributed by atoms with E-state index in [2.05, 4.69) is 27.3 Å². The number of carbonyl (C=O) groups excluding carboxylic acids is 1. The lowest BCUT2D eigenvalue weighted by Gasteiger charge is -2.29. The molecule has 0 aliphatic carbocycles. The minimum absolute atomic E-state index is 0.245. The summed E-state index contributed by atoms with van der Waals surface area (Å²) < 4.78 is 5.29. The summed E-state index contributed by atoms with van der Waals surface area (Å²) in [6.07, 6.45) is 2.48. The average Bonchev–Trinajstić information content (AvgIpc) is 3.30. The number of piperidine rings is 1. The number of anilines is 1. The summed E-state index contributed by atoms with van der Waals surface area (Å²) >= 11 is 1.45. The number of rotatable bonds is 5. The van der Waals surface area contributed by atoms with Crippen molar-refractivity contribution in [2.75, 3.05) is 18.4 Å². The van der Waals surface area contributed by atoms with Crippen LogP contribution in [0.3, 0.4) is 0 Å². The molecule has 0 spiro atoms. The van der Waals surface area contributed by atoms with Crippen LogP contribution >= 0.6 is 11.3 Å². The molecular formula is C21H24N4O2S. The van der Waals surface area contributed by atoms with Gasteiger partial charge in [-0.2, -0.15) is 0 Å². The average molecular weight is 397 g/mol. The van der Waals surface area contributed by atoms with Gasteiger partial charge in [0.1, 0.15) is 17.0 Å². The van der Waals surface area contributed by atoms with Crippen LogP contribution in [0.2, 0.25) is 0 Å². The standard InChI is InChI=1S/C21H24N4O2S/c1-14-8-10-25(11-9-14)12-17-13-28-21(22-17)23-20(26)18-15(2)27-24-19(18)16-6-4-3-5-7-16/h3-7,13-14H,8-12H2,1-2H3,(H,22,23,26). The monoisotopic (exact) mass is 396 g/mol. The lowest BCUT2D eigenvalue weighted by atomic mass is 9.99. The highest BCUT2D eigenvalue weighted by atomic mass is 32.1. The fourth-order valence-corrected chi connectivity index (χ4v) is 4.18. The minimum atomic E-state index is -0.245. The number of aryl methyl sites for hydroxylation is 1. The number of carbonyl (C=O) groups is 1. The highest BCUT2D eigenvalue weighted by Crippen LogP contribution is 2.27. The molecule has 1 aliphatic rings. The zero-order valence-electron chi connectivity index (χ0n) is 16.1. The fraction of sp³-hybridized carbons (Fsp3) is 0.381. The van der Waals surface area contributed by atoms with Gasteiger partial charge in [0.05, 0.1) is 5.69 Å². The Hall–Kier alpha value is -2.51. The molecule has 1 aromatic carbocycles. The first kappa shape index (κ1) is 18.8. The number of nitrogens with one attached hydrogen (secondary N) is 1. The van der Waals surface area contributed by atoms with Crippen molar-refractivity contribution in [1.82, 2.24) is 15.0 Å². The molecule has 0 radical (unpaired) electrons. The summed E-state index contributed by atoms with van der Waals surface area (Å²) in [6.45, 7) is 7.12. The van der Waals surface area contributed by atoms with Crippen LogP contribution in [0.15, 0.2) is 40.2 Å². The summed E-state index contributed by atoms with van der Waals surface area (Å²) in [7, 11) is 0. The molecule has 1 N–H and O–H groups in total. The highest BCUT2D eigenvalue weighted by molar-refractivity contribution is 7.14. The largest absolute Gasteiger partial charge is 0.360 e. The third-order valence-corrected chi connectivity index (χ3v) is 5.98. The minimum Gasteiger partial charge on any atom is -0.360 e. The van der Waals surface area contributed by atoms with E-state index in [0.717, 1.165) is 36.8 Å². The molecule has 0 saturated carbocycles. The number of thiazole rings is 1. The van der Waals surface area contributed by atoms with Gasteiger partial charge in [0.2, 0.25) is 0 Å². The van der Waals surface area contributed by atoms with Gasteiger partial charge in [-0.05, 0) is 38.8 Å². The molecule has 2 aromatic heterocycles. The molecule has 0 atom stereocenters. The quantitative estimate of drug-likeness (QED) is 0.683. The van der Waals surface area contributed by atoms with Crippen LogP contribution in [-0.4, -0.2) is 34.0 Å². The second-order valence-electron chi connectivity index (χ2n) is 7.39. The van der Waals surface area contributed by atoms with Gasteiger partial charge in [0, 0.05) is 17.5 Å². The molecule has 4 rings (SSSR count). The summed E-state index contributed by atoms with van der Waals surface area (Å²) in [5, 5.41) is 9.61. The molecule has 0 bridgehead atoms. The van der Waals surface area contributed by atoms with Gasteiger partial charge in [0.25, 0.3) is 5.91 Å². The van der Waals surface area contributed by atoms with E-state index in [0.29, 0.717) is 22.1 Å². The Kier molecular flexibility index (Phi) is 5.54. The Morgan fingerprint density at radius 1 is 1.29 bits per heavy atom. The topological polar surface area (TPSA) is 71.3 Å². The second-order valence-corrected chi connectivity index (χ2v) is 8.24. The Balaban J connectivity index is 1.45. The van der Waals surface area contributed by atoms with E-state index in [9.17, 15) is 4.79 Å². The molecular weight excluding hydrogens is 372 g/mol. The maximum atomic E-state index is 12.9. The summed E-state index contributed by atoms with van der Waals surface area (Å²) in [5.41, 5.74) is 2.85. The van der Waals surface area contributed by atoms with Gasteiger partial charge < -0.3 is 4.52 Å². The van der Waals surface area contributed by atoms with Crippen molar-refractivity contribution < 1.29 is 9.32 Å². The van der Waals surface area contributed by atoms with Gasteiger partial charge in [0.15, 0.2) is 5.13 Å². The molecule has 1 aliphatic heterocycles. The maximum absolute atomic E-state index is 12.9. The molecule has 3 aromatic rings. The zero-order valence-corrected chi connectivity index (χ0v) is 17.0. The zero-order chi connectivity index (χ0) is 19.5. The van der Waals surface area contributed by atoms with E-state index in [4.69, 9.17) is 4.52 Å². The predicted octanol–water partition coefficient (Wildman–Crippen LogP) is 4.59. The molecule has 6 nitrogen and oxygen atoms in total. The lowest BCUT2D eigenvalue weighted by molar-refractivity contribution is 0.102. The van der Waals surface area contributed by atoms with E-state index in [1.54, 1.807) is 6.92 Å². The van der Waals surface area contributed by atoms with E-state index >= 15 is 0 Å². The van der Waals surface area contributed by atoms with Gasteiger partial charge in [-0.3, -0.25) is 15.0 Å². The third kappa shape index (κ3) is 4.15. The SMILES string of the molecule is Cc1onc(-c2ccccc2)c1C(=O)Nc1nc(CN2CCC(C)CC2)cs1. The van der Waals surface area contributed by atoms with Gasteiger partial charge in [-0.25, -0.2) is 4.98 Å². The van der Waals surface area contributed by atoms with Crippen molar-refractivity contribution in [1.29, 1.82) is 0 Å². The molecule has 1 amide bonds. The number of likely N-dealkylation sites (tertiary alicyclic amines) is 1. The van der Waals surface area contributed by atoms with Crippen LogP contribution in [0.5, 0.6) is 0 Å². The van der Waals surface area contributed by atoms with Gasteiger partial charge >= 0.3 is 0 Å². The first-order chi connectivity index (χ1) is 13.6. The maximum Gasteiger partial charge on any atom is 0.263 e. The van der Waals surface area contributed by atoms with Crippen molar-refractivity contribution in [3.63, 3.8) is 0 Å². The Labute approximate surface area is 168 Å². The van der Waals surface area contributed by atoms with Gasteiger partial charge in [-0.15, -0.1) is 11.3 Å². The summed E-state index contributed by atoms with van der Waals surface area (Å²) in [4.78, 5) is 19.9. The molecule has 1 saturated heterocycles. The van der Waals surface area contributed by atoms with Crippen molar-refractivity contribution in [2.24, 2.45) is 5.92 Å². The molecule has 28 heavy (non-hydrogen) atoms. The molecule has 0 unspecified atom stereocenters. The molecule has 146 valence electrons. The number of hydrogen-bond donors (Lipinski definition) is 1.